The molecule has 0 saturated carbocycles. The van der Waals surface area contributed by atoms with Crippen LogP contribution in [0.1, 0.15) is 15.9 Å². The second-order valence-corrected chi connectivity index (χ2v) is 5.61. The third-order valence-corrected chi connectivity index (χ3v) is 3.83. The van der Waals surface area contributed by atoms with Crippen molar-refractivity contribution in [1.29, 1.82) is 0 Å². The molecule has 26 heavy (non-hydrogen) atoms. The molecule has 0 radical (unpaired) electrons. The lowest BCUT2D eigenvalue weighted by Crippen LogP contribution is -2.16. The molecule has 0 bridgehead atoms. The molecule has 0 atom stereocenters. The maximum absolute atomic E-state index is 13.7. The van der Waals surface area contributed by atoms with Crippen LogP contribution >= 0.6 is 0 Å². The molecule has 0 heterocycles. The Morgan fingerprint density at radius 2 is 1.54 bits per heavy atom. The standard InChI is InChI=1S/C21H14F3NO/c1-2-13-6-8-14(9-7-13)15-4-3-5-17(10-15)25-21(26)20-18(23)11-16(22)12-19(20)24/h2-12H,1H2,(H,25,26). The highest BCUT2D eigenvalue weighted by atomic mass is 19.1. The summed E-state index contributed by atoms with van der Waals surface area (Å²) >= 11 is 0. The van der Waals surface area contributed by atoms with Crippen LogP contribution in [0.5, 0.6) is 0 Å². The van der Waals surface area contributed by atoms with Crippen molar-refractivity contribution < 1.29 is 18.0 Å². The number of amides is 1. The van der Waals surface area contributed by atoms with Crippen LogP contribution < -0.4 is 5.32 Å². The number of hydrogen-bond donors (Lipinski definition) is 1. The monoisotopic (exact) mass is 353 g/mol. The molecule has 3 aromatic carbocycles. The van der Waals surface area contributed by atoms with Gasteiger partial charge in [0.05, 0.1) is 0 Å². The first kappa shape index (κ1) is 17.5. The summed E-state index contributed by atoms with van der Waals surface area (Å²) in [4.78, 5) is 12.2. The van der Waals surface area contributed by atoms with Crippen molar-refractivity contribution >= 4 is 17.7 Å². The Labute approximate surface area is 148 Å². The second kappa shape index (κ2) is 7.27. The fourth-order valence-corrected chi connectivity index (χ4v) is 2.54. The molecule has 130 valence electrons. The van der Waals surface area contributed by atoms with Crippen LogP contribution in [-0.2, 0) is 0 Å². The van der Waals surface area contributed by atoms with Crippen molar-refractivity contribution in [3.63, 3.8) is 0 Å². The lowest BCUT2D eigenvalue weighted by molar-refractivity contribution is 0.101. The van der Waals surface area contributed by atoms with E-state index in [-0.39, 0.29) is 0 Å². The van der Waals surface area contributed by atoms with Gasteiger partial charge in [-0.15, -0.1) is 0 Å². The van der Waals surface area contributed by atoms with E-state index in [0.717, 1.165) is 16.7 Å². The quantitative estimate of drug-likeness (QED) is 0.644. The molecular formula is C21H14F3NO. The number of nitrogens with one attached hydrogen (secondary N) is 1. The smallest absolute Gasteiger partial charge is 0.261 e. The van der Waals surface area contributed by atoms with Crippen molar-refractivity contribution in [2.75, 3.05) is 5.32 Å². The van der Waals surface area contributed by atoms with E-state index in [1.807, 2.05) is 30.3 Å². The molecule has 0 aliphatic rings. The van der Waals surface area contributed by atoms with Crippen LogP contribution in [0.15, 0.2) is 67.2 Å². The van der Waals surface area contributed by atoms with E-state index in [1.54, 1.807) is 24.3 Å². The largest absolute Gasteiger partial charge is 0.322 e. The molecule has 5 heteroatoms. The van der Waals surface area contributed by atoms with E-state index in [4.69, 9.17) is 0 Å². The number of anilines is 1. The summed E-state index contributed by atoms with van der Waals surface area (Å²) in [5.74, 6) is -4.58. The second-order valence-electron chi connectivity index (χ2n) is 5.61. The van der Waals surface area contributed by atoms with Crippen LogP contribution in [0.25, 0.3) is 17.2 Å². The molecule has 1 amide bonds. The van der Waals surface area contributed by atoms with Gasteiger partial charge in [-0.25, -0.2) is 13.2 Å². The van der Waals surface area contributed by atoms with E-state index in [2.05, 4.69) is 11.9 Å². The molecule has 0 aliphatic carbocycles. The molecule has 0 fully saturated rings. The Hall–Kier alpha value is -3.34. The van der Waals surface area contributed by atoms with Crippen LogP contribution in [0.4, 0.5) is 18.9 Å². The van der Waals surface area contributed by atoms with Gasteiger partial charge in [0.1, 0.15) is 23.0 Å². The van der Waals surface area contributed by atoms with Crippen LogP contribution in [-0.4, -0.2) is 5.91 Å². The van der Waals surface area contributed by atoms with Crippen molar-refractivity contribution in [3.8, 4) is 11.1 Å². The fourth-order valence-electron chi connectivity index (χ4n) is 2.54. The summed E-state index contributed by atoms with van der Waals surface area (Å²) in [5, 5.41) is 2.43. The van der Waals surface area contributed by atoms with Crippen LogP contribution in [0, 0.1) is 17.5 Å². The normalized spacial score (nSPS) is 10.4. The molecule has 0 aliphatic heterocycles. The van der Waals surface area contributed by atoms with Gasteiger partial charge >= 0.3 is 0 Å². The molecule has 2 nitrogen and oxygen atoms in total. The van der Waals surface area contributed by atoms with Crippen molar-refractivity contribution in [2.45, 2.75) is 0 Å². The average Bonchev–Trinajstić information content (AvgIpc) is 2.61. The van der Waals surface area contributed by atoms with E-state index >= 15 is 0 Å². The number of carbonyl (C=O) groups is 1. The number of halogens is 3. The number of carbonyl (C=O) groups excluding carboxylic acids is 1. The minimum absolute atomic E-state index is 0.364. The highest BCUT2D eigenvalue weighted by molar-refractivity contribution is 6.04. The van der Waals surface area contributed by atoms with Crippen molar-refractivity contribution in [2.24, 2.45) is 0 Å². The topological polar surface area (TPSA) is 29.1 Å². The maximum Gasteiger partial charge on any atom is 0.261 e. The van der Waals surface area contributed by atoms with Gasteiger partial charge in [-0.3, -0.25) is 4.79 Å². The molecule has 0 aromatic heterocycles. The Bertz CT molecular complexity index is 958. The molecular weight excluding hydrogens is 339 g/mol. The first-order chi connectivity index (χ1) is 12.5. The van der Waals surface area contributed by atoms with Gasteiger partial charge in [-0.2, -0.15) is 0 Å². The van der Waals surface area contributed by atoms with Gasteiger partial charge in [-0.05, 0) is 28.8 Å². The number of rotatable bonds is 4. The first-order valence-electron chi connectivity index (χ1n) is 7.77. The summed E-state index contributed by atoms with van der Waals surface area (Å²) in [7, 11) is 0. The summed E-state index contributed by atoms with van der Waals surface area (Å²) in [6.07, 6.45) is 1.73. The van der Waals surface area contributed by atoms with E-state index in [1.165, 1.54) is 0 Å². The lowest BCUT2D eigenvalue weighted by atomic mass is 10.0. The third kappa shape index (κ3) is 3.67. The summed E-state index contributed by atoms with van der Waals surface area (Å²) < 4.78 is 40.4. The summed E-state index contributed by atoms with van der Waals surface area (Å²) in [6.45, 7) is 3.70. The zero-order valence-corrected chi connectivity index (χ0v) is 13.6. The van der Waals surface area contributed by atoms with Gasteiger partial charge in [0.15, 0.2) is 0 Å². The average molecular weight is 353 g/mol. The summed E-state index contributed by atoms with van der Waals surface area (Å²) in [5.41, 5.74) is 2.24. The molecule has 1 N–H and O–H groups in total. The highest BCUT2D eigenvalue weighted by Gasteiger charge is 2.19. The molecule has 3 rings (SSSR count). The van der Waals surface area contributed by atoms with Gasteiger partial charge in [0.25, 0.3) is 5.91 Å². The van der Waals surface area contributed by atoms with Crippen LogP contribution in [0.2, 0.25) is 0 Å². The van der Waals surface area contributed by atoms with Crippen molar-refractivity contribution in [3.05, 3.63) is 95.8 Å². The van der Waals surface area contributed by atoms with Gasteiger partial charge in [-0.1, -0.05) is 49.1 Å². The minimum Gasteiger partial charge on any atom is -0.322 e. The highest BCUT2D eigenvalue weighted by Crippen LogP contribution is 2.24. The van der Waals surface area contributed by atoms with Gasteiger partial charge in [0.2, 0.25) is 0 Å². The number of hydrogen-bond acceptors (Lipinski definition) is 1. The van der Waals surface area contributed by atoms with E-state index in [0.29, 0.717) is 17.8 Å². The zero-order chi connectivity index (χ0) is 18.7. The third-order valence-electron chi connectivity index (χ3n) is 3.83. The van der Waals surface area contributed by atoms with Gasteiger partial charge in [0, 0.05) is 17.8 Å². The maximum atomic E-state index is 13.7. The van der Waals surface area contributed by atoms with Crippen LogP contribution in [0.3, 0.4) is 0 Å². The van der Waals surface area contributed by atoms with Gasteiger partial charge < -0.3 is 5.32 Å². The SMILES string of the molecule is C=Cc1ccc(-c2cccc(NC(=O)c3c(F)cc(F)cc3F)c2)cc1. The predicted molar refractivity (Wildman–Crippen MR) is 96.2 cm³/mol. The Morgan fingerprint density at radius 1 is 0.885 bits per heavy atom. The van der Waals surface area contributed by atoms with E-state index in [9.17, 15) is 18.0 Å². The molecule has 3 aromatic rings. The minimum atomic E-state index is -1.25. The first-order valence-corrected chi connectivity index (χ1v) is 7.77. The molecule has 0 saturated heterocycles. The predicted octanol–water partition coefficient (Wildman–Crippen LogP) is 5.67. The Morgan fingerprint density at radius 3 is 2.15 bits per heavy atom. The molecule has 0 unspecified atom stereocenters. The Kier molecular flexibility index (Phi) is 4.89. The zero-order valence-electron chi connectivity index (χ0n) is 13.6. The molecule has 0 spiro atoms. The number of benzene rings is 3. The van der Waals surface area contributed by atoms with E-state index < -0.39 is 28.9 Å². The Balaban J connectivity index is 1.87. The lowest BCUT2D eigenvalue weighted by Gasteiger charge is -2.09. The van der Waals surface area contributed by atoms with Crippen molar-refractivity contribution in [1.82, 2.24) is 0 Å². The fraction of sp³-hybridized carbons (Fsp3) is 0. The summed E-state index contributed by atoms with van der Waals surface area (Å²) in [6, 6.07) is 15.4.